The number of benzene rings is 1. The van der Waals surface area contributed by atoms with Crippen molar-refractivity contribution in [1.29, 1.82) is 0 Å². The van der Waals surface area contributed by atoms with Gasteiger partial charge in [0.25, 0.3) is 0 Å². The van der Waals surface area contributed by atoms with Crippen LogP contribution >= 0.6 is 10.9 Å². The first-order chi connectivity index (χ1) is 11.6. The molecule has 0 bridgehead atoms. The van der Waals surface area contributed by atoms with Gasteiger partial charge in [0, 0.05) is 0 Å². The van der Waals surface area contributed by atoms with Crippen LogP contribution in [0.15, 0.2) is 29.2 Å². The van der Waals surface area contributed by atoms with E-state index in [1.807, 2.05) is 0 Å². The third kappa shape index (κ3) is 8.00. The first kappa shape index (κ1) is 24.1. The van der Waals surface area contributed by atoms with Gasteiger partial charge in [0.1, 0.15) is 0 Å². The average Bonchev–Trinajstić information content (AvgIpc) is 2.41. The quantitative estimate of drug-likeness (QED) is 0.375. The Morgan fingerprint density at radius 3 is 1.35 bits per heavy atom. The highest BCUT2D eigenvalue weighted by molar-refractivity contribution is 8.23. The van der Waals surface area contributed by atoms with Crippen LogP contribution in [0.4, 0.5) is 0 Å². The Labute approximate surface area is 167 Å². The molecule has 0 heterocycles. The van der Waals surface area contributed by atoms with Crippen molar-refractivity contribution in [2.45, 2.75) is 90.0 Å². The maximum absolute atomic E-state index is 6.74. The van der Waals surface area contributed by atoms with Gasteiger partial charge in [-0.2, -0.15) is 0 Å². The molecule has 3 nitrogen and oxygen atoms in total. The van der Waals surface area contributed by atoms with Crippen LogP contribution in [0.25, 0.3) is 0 Å². The molecule has 1 aromatic rings. The normalized spacial score (nSPS) is 15.8. The lowest BCUT2D eigenvalue weighted by molar-refractivity contribution is 0.390. The fourth-order valence-corrected chi connectivity index (χ4v) is 13.2. The number of rotatable bonds is 9. The Morgan fingerprint density at radius 2 is 1.08 bits per heavy atom. The summed E-state index contributed by atoms with van der Waals surface area (Å²) >= 11 is 0. The van der Waals surface area contributed by atoms with E-state index in [0.29, 0.717) is 5.92 Å². The molecule has 1 atom stereocenters. The minimum absolute atomic E-state index is 0.558. The molecule has 0 amide bonds. The van der Waals surface area contributed by atoms with Gasteiger partial charge in [0.2, 0.25) is 25.0 Å². The molecule has 0 aliphatic heterocycles. The third-order valence-electron chi connectivity index (χ3n) is 3.43. The van der Waals surface area contributed by atoms with E-state index >= 15 is 0 Å². The summed E-state index contributed by atoms with van der Waals surface area (Å²) in [5.41, 5.74) is 1.36. The molecule has 1 unspecified atom stereocenters. The van der Waals surface area contributed by atoms with Crippen molar-refractivity contribution in [2.24, 2.45) is 0 Å². The van der Waals surface area contributed by atoms with Gasteiger partial charge in [-0.3, -0.25) is 0 Å². The molecule has 26 heavy (non-hydrogen) atoms. The van der Waals surface area contributed by atoms with E-state index in [-0.39, 0.29) is 0 Å². The Bertz CT molecular complexity index is 531. The van der Waals surface area contributed by atoms with Gasteiger partial charge in [-0.15, -0.1) is 0 Å². The summed E-state index contributed by atoms with van der Waals surface area (Å²) in [4.78, 5) is 1.07. The largest absolute Gasteiger partial charge is 0.335 e. The van der Waals surface area contributed by atoms with Crippen molar-refractivity contribution < 1.29 is 11.6 Å². The maximum atomic E-state index is 6.74. The van der Waals surface area contributed by atoms with Gasteiger partial charge in [-0.25, -0.2) is 0 Å². The van der Waals surface area contributed by atoms with Crippen LogP contribution in [-0.2, 0) is 11.6 Å². The van der Waals surface area contributed by atoms with E-state index in [2.05, 4.69) is 97.0 Å². The van der Waals surface area contributed by atoms with Gasteiger partial charge < -0.3 is 11.6 Å². The molecule has 0 radical (unpaired) electrons. The zero-order valence-corrected chi connectivity index (χ0v) is 22.5. The lowest BCUT2D eigenvalue weighted by Gasteiger charge is -2.48. The second-order valence-corrected chi connectivity index (χ2v) is 26.0. The molecular weight excluding hydrogens is 393 g/mol. The van der Waals surface area contributed by atoms with Crippen molar-refractivity contribution in [1.82, 2.24) is 0 Å². The molecule has 1 rings (SSSR count). The Kier molecular flexibility index (Phi) is 8.01. The van der Waals surface area contributed by atoms with Crippen LogP contribution in [0, 0.1) is 0 Å². The zero-order chi connectivity index (χ0) is 20.4. The van der Waals surface area contributed by atoms with Gasteiger partial charge in [0.15, 0.2) is 0 Å². The molecule has 0 saturated carbocycles. The summed E-state index contributed by atoms with van der Waals surface area (Å²) in [7, 11) is -7.87. The highest BCUT2D eigenvalue weighted by Crippen LogP contribution is 2.63. The van der Waals surface area contributed by atoms with E-state index in [0.717, 1.165) is 11.3 Å². The standard InChI is InChI=1S/C19H40O3SSi3/c1-12-17(2)18-13-15-19(16-14-18)23(20-24(3,4)5,21-25(6,7)8)22-26(9,10)11/h13-17H,12H2,1-11H3. The molecule has 0 aromatic heterocycles. The van der Waals surface area contributed by atoms with Gasteiger partial charge in [-0.05, 0) is 89.0 Å². The molecule has 0 spiro atoms. The van der Waals surface area contributed by atoms with Crippen LogP contribution < -0.4 is 0 Å². The number of hydrogen-bond donors (Lipinski definition) is 0. The van der Waals surface area contributed by atoms with Crippen molar-refractivity contribution >= 4 is 35.8 Å². The molecule has 0 fully saturated rings. The summed E-state index contributed by atoms with van der Waals surface area (Å²) in [6.07, 6.45) is 1.14. The van der Waals surface area contributed by atoms with Crippen LogP contribution in [0.2, 0.25) is 58.9 Å². The maximum Gasteiger partial charge on any atom is 0.206 e. The average molecular weight is 433 g/mol. The lowest BCUT2D eigenvalue weighted by atomic mass is 9.99. The Morgan fingerprint density at radius 1 is 0.731 bits per heavy atom. The highest BCUT2D eigenvalue weighted by Gasteiger charge is 2.42. The van der Waals surface area contributed by atoms with Crippen molar-refractivity contribution in [3.63, 3.8) is 0 Å². The van der Waals surface area contributed by atoms with Crippen LogP contribution in [0.5, 0.6) is 0 Å². The van der Waals surface area contributed by atoms with E-state index in [1.165, 1.54) is 5.56 Å². The minimum Gasteiger partial charge on any atom is -0.335 e. The predicted octanol–water partition coefficient (Wildman–Crippen LogP) is 7.66. The molecule has 152 valence electrons. The number of hydrogen-bond acceptors (Lipinski definition) is 3. The third-order valence-corrected chi connectivity index (χ3v) is 12.9. The van der Waals surface area contributed by atoms with Crippen LogP contribution in [-0.4, -0.2) is 25.0 Å². The van der Waals surface area contributed by atoms with Crippen molar-refractivity contribution in [3.8, 4) is 0 Å². The second kappa shape index (κ2) is 8.63. The lowest BCUT2D eigenvalue weighted by Crippen LogP contribution is -2.40. The summed E-state index contributed by atoms with van der Waals surface area (Å²) in [6, 6.07) is 8.80. The Balaban J connectivity index is 3.48. The molecule has 0 N–H and O–H groups in total. The van der Waals surface area contributed by atoms with Crippen molar-refractivity contribution in [3.05, 3.63) is 29.8 Å². The van der Waals surface area contributed by atoms with Crippen molar-refractivity contribution in [2.75, 3.05) is 0 Å². The second-order valence-electron chi connectivity index (χ2n) is 9.92. The first-order valence-electron chi connectivity index (χ1n) is 9.62. The smallest absolute Gasteiger partial charge is 0.206 e. The first-order valence-corrected chi connectivity index (χ1v) is 21.3. The van der Waals surface area contributed by atoms with Crippen LogP contribution in [0.3, 0.4) is 0 Å². The summed E-state index contributed by atoms with van der Waals surface area (Å²) in [5, 5.41) is 0. The van der Waals surface area contributed by atoms with E-state index < -0.39 is 35.8 Å². The van der Waals surface area contributed by atoms with Crippen LogP contribution in [0.1, 0.15) is 31.7 Å². The van der Waals surface area contributed by atoms with E-state index in [4.69, 9.17) is 11.6 Å². The highest BCUT2D eigenvalue weighted by atomic mass is 32.3. The summed E-state index contributed by atoms with van der Waals surface area (Å²) < 4.78 is 20.2. The monoisotopic (exact) mass is 432 g/mol. The topological polar surface area (TPSA) is 27.7 Å². The van der Waals surface area contributed by atoms with Gasteiger partial charge in [-0.1, -0.05) is 26.0 Å². The predicted molar refractivity (Wildman–Crippen MR) is 124 cm³/mol. The van der Waals surface area contributed by atoms with Gasteiger partial charge >= 0.3 is 0 Å². The molecule has 0 saturated heterocycles. The molecule has 0 aliphatic carbocycles. The van der Waals surface area contributed by atoms with Gasteiger partial charge in [0.05, 0.1) is 15.8 Å². The molecular formula is C19H40O3SSi3. The zero-order valence-electron chi connectivity index (χ0n) is 18.7. The SMILES string of the molecule is CCC(C)c1ccc(S(O[Si](C)(C)C)(O[Si](C)(C)C)O[Si](C)(C)C)cc1. The Hall–Kier alpha value is 0.101. The molecule has 0 aliphatic rings. The van der Waals surface area contributed by atoms with E-state index in [9.17, 15) is 0 Å². The summed E-state index contributed by atoms with van der Waals surface area (Å²) in [6.45, 7) is 24.4. The molecule has 1 aromatic carbocycles. The minimum atomic E-state index is -2.21. The molecule has 7 heteroatoms. The fourth-order valence-electron chi connectivity index (χ4n) is 2.38. The fraction of sp³-hybridized carbons (Fsp3) is 0.684. The summed E-state index contributed by atoms with van der Waals surface area (Å²) in [5.74, 6) is 0.558. The van der Waals surface area contributed by atoms with E-state index in [1.54, 1.807) is 0 Å².